The molecule has 0 saturated carbocycles. The van der Waals surface area contributed by atoms with Crippen molar-refractivity contribution in [2.75, 3.05) is 13.2 Å². The minimum atomic E-state index is -0.413. The third kappa shape index (κ3) is 3.13. The predicted octanol–water partition coefficient (Wildman–Crippen LogP) is 2.56. The van der Waals surface area contributed by atoms with Gasteiger partial charge in [-0.2, -0.15) is 0 Å². The summed E-state index contributed by atoms with van der Waals surface area (Å²) in [7, 11) is 0. The number of ketones is 1. The van der Waals surface area contributed by atoms with Crippen molar-refractivity contribution in [3.8, 4) is 5.75 Å². The van der Waals surface area contributed by atoms with Crippen LogP contribution in [-0.2, 0) is 9.59 Å². The molecule has 1 aliphatic rings. The van der Waals surface area contributed by atoms with Crippen LogP contribution < -0.4 is 4.74 Å². The Morgan fingerprint density at radius 2 is 1.91 bits per heavy atom. The fourth-order valence-corrected chi connectivity index (χ4v) is 2.29. The highest BCUT2D eigenvalue weighted by Gasteiger charge is 2.37. The number of Topliss-reactive ketones (excluding diaryl/α,β-unsaturated/α-hetero) is 1. The summed E-state index contributed by atoms with van der Waals surface area (Å²) < 4.78 is 5.47. The molecule has 1 heterocycles. The molecule has 1 fully saturated rings. The zero-order chi connectivity index (χ0) is 16.3. The molecule has 1 N–H and O–H groups in total. The molecule has 1 aromatic carbocycles. The van der Waals surface area contributed by atoms with Gasteiger partial charge < -0.3 is 14.7 Å². The van der Waals surface area contributed by atoms with Gasteiger partial charge in [-0.3, -0.25) is 9.59 Å². The smallest absolute Gasteiger partial charge is 0.262 e. The Labute approximate surface area is 130 Å². The van der Waals surface area contributed by atoms with Gasteiger partial charge in [0.1, 0.15) is 17.1 Å². The van der Waals surface area contributed by atoms with Crippen LogP contribution in [0.4, 0.5) is 0 Å². The zero-order valence-corrected chi connectivity index (χ0v) is 13.1. The van der Waals surface area contributed by atoms with Crippen LogP contribution >= 0.6 is 0 Å². The van der Waals surface area contributed by atoms with Crippen molar-refractivity contribution in [2.45, 2.75) is 33.2 Å². The molecule has 0 radical (unpaired) electrons. The summed E-state index contributed by atoms with van der Waals surface area (Å²) in [6.07, 6.45) is 0.908. The molecular weight excluding hydrogens is 282 g/mol. The number of hydrogen-bond donors (Lipinski definition) is 1. The van der Waals surface area contributed by atoms with E-state index >= 15 is 0 Å². The maximum atomic E-state index is 12.2. The average Bonchev–Trinajstić information content (AvgIpc) is 2.80. The highest BCUT2D eigenvalue weighted by atomic mass is 16.5. The molecule has 0 unspecified atom stereocenters. The lowest BCUT2D eigenvalue weighted by Crippen LogP contribution is -2.32. The number of aliphatic hydroxyl groups is 1. The van der Waals surface area contributed by atoms with Crippen LogP contribution in [0.3, 0.4) is 0 Å². The van der Waals surface area contributed by atoms with E-state index in [-0.39, 0.29) is 29.7 Å². The van der Waals surface area contributed by atoms with E-state index in [2.05, 4.69) is 0 Å². The summed E-state index contributed by atoms with van der Waals surface area (Å²) in [5, 5.41) is 10.3. The lowest BCUT2D eigenvalue weighted by molar-refractivity contribution is -0.126. The molecule has 1 saturated heterocycles. The van der Waals surface area contributed by atoms with Crippen LogP contribution in [0.25, 0.3) is 5.76 Å². The predicted molar refractivity (Wildman–Crippen MR) is 83.6 cm³/mol. The molecule has 0 bridgehead atoms. The first-order valence-electron chi connectivity index (χ1n) is 7.46. The van der Waals surface area contributed by atoms with Crippen molar-refractivity contribution in [1.82, 2.24) is 4.90 Å². The molecule has 1 aromatic rings. The van der Waals surface area contributed by atoms with E-state index in [0.717, 1.165) is 6.42 Å². The van der Waals surface area contributed by atoms with Crippen molar-refractivity contribution < 1.29 is 19.4 Å². The van der Waals surface area contributed by atoms with E-state index in [1.807, 2.05) is 20.8 Å². The lowest BCUT2D eigenvalue weighted by atomic mass is 10.1. The number of amides is 1. The molecule has 0 atom stereocenters. The largest absolute Gasteiger partial charge is 0.506 e. The molecule has 22 heavy (non-hydrogen) atoms. The molecule has 0 aromatic heterocycles. The van der Waals surface area contributed by atoms with E-state index in [1.165, 1.54) is 4.90 Å². The topological polar surface area (TPSA) is 66.8 Å². The van der Waals surface area contributed by atoms with Crippen LogP contribution in [-0.4, -0.2) is 40.9 Å². The van der Waals surface area contributed by atoms with Gasteiger partial charge in [-0.05, 0) is 44.5 Å². The lowest BCUT2D eigenvalue weighted by Gasteiger charge is -2.18. The summed E-state index contributed by atoms with van der Waals surface area (Å²) >= 11 is 0. The molecule has 1 aliphatic heterocycles. The Morgan fingerprint density at radius 3 is 2.41 bits per heavy atom. The first-order valence-corrected chi connectivity index (χ1v) is 7.46. The molecule has 1 amide bonds. The SMILES string of the molecule is CCCOc1ccc(/C(O)=C2\C(=O)CN(C(C)C)C2=O)cc1. The first kappa shape index (κ1) is 16.1. The maximum Gasteiger partial charge on any atom is 0.262 e. The molecule has 5 heteroatoms. The summed E-state index contributed by atoms with van der Waals surface area (Å²) in [6.45, 7) is 6.33. The number of likely N-dealkylation sites (tertiary alicyclic amines) is 1. The van der Waals surface area contributed by atoms with E-state index in [9.17, 15) is 14.7 Å². The number of hydrogen-bond acceptors (Lipinski definition) is 4. The van der Waals surface area contributed by atoms with Crippen molar-refractivity contribution in [3.05, 3.63) is 35.4 Å². The Balaban J connectivity index is 2.27. The van der Waals surface area contributed by atoms with Crippen LogP contribution in [0, 0.1) is 0 Å². The van der Waals surface area contributed by atoms with Crippen molar-refractivity contribution in [2.24, 2.45) is 0 Å². The van der Waals surface area contributed by atoms with Gasteiger partial charge in [-0.25, -0.2) is 0 Å². The van der Waals surface area contributed by atoms with Gasteiger partial charge in [0.05, 0.1) is 13.2 Å². The van der Waals surface area contributed by atoms with Crippen LogP contribution in [0.2, 0.25) is 0 Å². The van der Waals surface area contributed by atoms with Gasteiger partial charge in [0.2, 0.25) is 0 Å². The normalized spacial score (nSPS) is 17.4. The standard InChI is InChI=1S/C17H21NO4/c1-4-9-22-13-7-5-12(6-8-13)16(20)15-14(19)10-18(11(2)3)17(15)21/h5-8,11,20H,4,9-10H2,1-3H3/b16-15-. The maximum absolute atomic E-state index is 12.2. The van der Waals surface area contributed by atoms with Gasteiger partial charge in [0, 0.05) is 11.6 Å². The fourth-order valence-electron chi connectivity index (χ4n) is 2.29. The fraction of sp³-hybridized carbons (Fsp3) is 0.412. The first-order chi connectivity index (χ1) is 10.5. The summed E-state index contributed by atoms with van der Waals surface area (Å²) in [4.78, 5) is 25.7. The Hall–Kier alpha value is -2.30. The second-order valence-corrected chi connectivity index (χ2v) is 5.55. The van der Waals surface area contributed by atoms with Gasteiger partial charge in [-0.15, -0.1) is 0 Å². The van der Waals surface area contributed by atoms with Gasteiger partial charge in [0.25, 0.3) is 5.91 Å². The van der Waals surface area contributed by atoms with Crippen LogP contribution in [0.5, 0.6) is 5.75 Å². The third-order valence-electron chi connectivity index (χ3n) is 3.53. The third-order valence-corrected chi connectivity index (χ3v) is 3.53. The second kappa shape index (κ2) is 6.64. The van der Waals surface area contributed by atoms with E-state index in [1.54, 1.807) is 24.3 Å². The number of rotatable bonds is 5. The van der Waals surface area contributed by atoms with Gasteiger partial charge in [-0.1, -0.05) is 6.92 Å². The van der Waals surface area contributed by atoms with Crippen molar-refractivity contribution in [1.29, 1.82) is 0 Å². The van der Waals surface area contributed by atoms with Crippen molar-refractivity contribution >= 4 is 17.4 Å². The summed E-state index contributed by atoms with van der Waals surface area (Å²) in [5.41, 5.74) is 0.307. The quantitative estimate of drug-likeness (QED) is 0.516. The Morgan fingerprint density at radius 1 is 1.27 bits per heavy atom. The molecule has 118 valence electrons. The molecule has 2 rings (SSSR count). The average molecular weight is 303 g/mol. The number of ether oxygens (including phenoxy) is 1. The number of carbonyl (C=O) groups excluding carboxylic acids is 2. The van der Waals surface area contributed by atoms with E-state index in [4.69, 9.17) is 4.74 Å². The highest BCUT2D eigenvalue weighted by molar-refractivity contribution is 6.28. The minimum Gasteiger partial charge on any atom is -0.506 e. The molecule has 0 aliphatic carbocycles. The monoisotopic (exact) mass is 303 g/mol. The number of benzene rings is 1. The summed E-state index contributed by atoms with van der Waals surface area (Å²) in [6, 6.07) is 6.64. The minimum absolute atomic E-state index is 0.0214. The highest BCUT2D eigenvalue weighted by Crippen LogP contribution is 2.25. The van der Waals surface area contributed by atoms with E-state index in [0.29, 0.717) is 17.9 Å². The Kier molecular flexibility index (Phi) is 4.85. The van der Waals surface area contributed by atoms with Gasteiger partial charge in [0.15, 0.2) is 5.78 Å². The zero-order valence-electron chi connectivity index (χ0n) is 13.1. The molecule has 5 nitrogen and oxygen atoms in total. The van der Waals surface area contributed by atoms with Gasteiger partial charge >= 0.3 is 0 Å². The number of aliphatic hydroxyl groups excluding tert-OH is 1. The Bertz CT molecular complexity index is 602. The molecule has 0 spiro atoms. The van der Waals surface area contributed by atoms with Crippen LogP contribution in [0.1, 0.15) is 32.8 Å². The van der Waals surface area contributed by atoms with Crippen LogP contribution in [0.15, 0.2) is 29.8 Å². The molecular formula is C17H21NO4. The summed E-state index contributed by atoms with van der Waals surface area (Å²) in [5.74, 6) is -0.331. The number of nitrogens with zero attached hydrogens (tertiary/aromatic N) is 1. The van der Waals surface area contributed by atoms with Crippen molar-refractivity contribution in [3.63, 3.8) is 0 Å². The van der Waals surface area contributed by atoms with E-state index < -0.39 is 5.91 Å². The number of carbonyl (C=O) groups is 2. The second-order valence-electron chi connectivity index (χ2n) is 5.55.